The van der Waals surface area contributed by atoms with E-state index in [1.165, 1.54) is 14.0 Å². The molecule has 3 saturated carbocycles. The number of ether oxygens (including phenoxy) is 1. The number of nitriles is 1. The highest BCUT2D eigenvalue weighted by molar-refractivity contribution is 6.09. The summed E-state index contributed by atoms with van der Waals surface area (Å²) in [5.74, 6) is -1.56. The number of rotatable bonds is 2. The number of nitrogens with zero attached hydrogens (tertiary/aromatic N) is 1. The molecular weight excluding hydrogens is 504 g/mol. The Bertz CT molecular complexity index is 1320. The van der Waals surface area contributed by atoms with Gasteiger partial charge < -0.3 is 10.1 Å². The third-order valence-electron chi connectivity index (χ3n) is 12.6. The predicted octanol–water partition coefficient (Wildman–Crippen LogP) is 5.25. The lowest BCUT2D eigenvalue weighted by Crippen LogP contribution is -2.69. The number of hydrogen-bond donors (Lipinski definition) is 1. The molecule has 0 aliphatic heterocycles. The minimum Gasteiger partial charge on any atom is -0.469 e. The van der Waals surface area contributed by atoms with Crippen LogP contribution in [0.1, 0.15) is 93.4 Å². The fraction of sp³-hybridized carbons (Fsp3) is 0.727. The van der Waals surface area contributed by atoms with Crippen LogP contribution in [0.3, 0.4) is 0 Å². The maximum absolute atomic E-state index is 14.5. The molecule has 1 N–H and O–H groups in total. The molecule has 216 valence electrons. The number of methoxy groups -OCH3 is 1. The van der Waals surface area contributed by atoms with Crippen molar-refractivity contribution in [3.8, 4) is 6.07 Å². The third-order valence-corrected chi connectivity index (χ3v) is 12.6. The fourth-order valence-corrected chi connectivity index (χ4v) is 10.4. The van der Waals surface area contributed by atoms with Gasteiger partial charge in [-0.2, -0.15) is 5.26 Å². The van der Waals surface area contributed by atoms with Crippen molar-refractivity contribution >= 4 is 23.4 Å². The van der Waals surface area contributed by atoms with Crippen molar-refractivity contribution in [2.75, 3.05) is 7.11 Å². The van der Waals surface area contributed by atoms with E-state index in [0.717, 1.165) is 37.7 Å². The van der Waals surface area contributed by atoms with E-state index in [0.29, 0.717) is 12.8 Å². The largest absolute Gasteiger partial charge is 0.469 e. The molecule has 8 atom stereocenters. The van der Waals surface area contributed by atoms with E-state index in [4.69, 9.17) is 4.74 Å². The van der Waals surface area contributed by atoms with Gasteiger partial charge in [0.05, 0.1) is 18.1 Å². The standard InChI is InChI=1S/C33H44N2O5/c1-19(36)35-32(7)23-9-10-30(5)24(29(23,4)16-20(18-34)26(32)38)15-22(37)25-21-17-28(2,3)11-13-33(21,27(39)40-8)14-12-31(25,30)6/h15-16,21,23,25H,9-14,17H2,1-8H3,(H,35,36)/t21?,23-,25?,29+,30-,31-,32+,33+/m1/s1. The molecule has 7 heteroatoms. The zero-order valence-electron chi connectivity index (χ0n) is 25.3. The number of fused-ring (bicyclic) bond motifs is 7. The molecule has 0 spiro atoms. The molecule has 5 aliphatic rings. The number of carbonyl (C=O) groups is 4. The maximum atomic E-state index is 14.5. The van der Waals surface area contributed by atoms with Crippen molar-refractivity contribution in [1.82, 2.24) is 5.32 Å². The number of carbonyl (C=O) groups excluding carboxylic acids is 4. The van der Waals surface area contributed by atoms with Crippen LogP contribution in [-0.2, 0) is 23.9 Å². The first-order valence-electron chi connectivity index (χ1n) is 14.8. The molecule has 3 fully saturated rings. The van der Waals surface area contributed by atoms with Crippen molar-refractivity contribution in [3.63, 3.8) is 0 Å². The summed E-state index contributed by atoms with van der Waals surface area (Å²) in [6.07, 6.45) is 8.85. The highest BCUT2D eigenvalue weighted by Crippen LogP contribution is 2.74. The monoisotopic (exact) mass is 548 g/mol. The van der Waals surface area contributed by atoms with Gasteiger partial charge >= 0.3 is 5.97 Å². The number of esters is 1. The van der Waals surface area contributed by atoms with Gasteiger partial charge in [0.2, 0.25) is 5.91 Å². The van der Waals surface area contributed by atoms with Gasteiger partial charge in [0.25, 0.3) is 0 Å². The Morgan fingerprint density at radius 1 is 1.02 bits per heavy atom. The smallest absolute Gasteiger partial charge is 0.312 e. The second-order valence-corrected chi connectivity index (χ2v) is 15.1. The Balaban J connectivity index is 1.70. The van der Waals surface area contributed by atoms with Crippen LogP contribution in [0.15, 0.2) is 23.3 Å². The topological polar surface area (TPSA) is 113 Å². The van der Waals surface area contributed by atoms with E-state index in [-0.39, 0.29) is 52.2 Å². The first kappa shape index (κ1) is 28.8. The van der Waals surface area contributed by atoms with E-state index in [2.05, 4.69) is 39.1 Å². The van der Waals surface area contributed by atoms with E-state index < -0.39 is 27.2 Å². The van der Waals surface area contributed by atoms with Crippen molar-refractivity contribution in [2.24, 2.45) is 44.8 Å². The zero-order chi connectivity index (χ0) is 29.7. The summed E-state index contributed by atoms with van der Waals surface area (Å²) < 4.78 is 5.40. The quantitative estimate of drug-likeness (QED) is 0.472. The van der Waals surface area contributed by atoms with Gasteiger partial charge in [-0.05, 0) is 80.1 Å². The number of ketones is 2. The molecule has 0 radical (unpaired) electrons. The molecular formula is C33H44N2O5. The van der Waals surface area contributed by atoms with Crippen LogP contribution in [0.5, 0.6) is 0 Å². The van der Waals surface area contributed by atoms with Crippen molar-refractivity contribution < 1.29 is 23.9 Å². The second kappa shape index (κ2) is 8.63. The lowest BCUT2D eigenvalue weighted by atomic mass is 9.34. The summed E-state index contributed by atoms with van der Waals surface area (Å²) in [5.41, 5.74) is -2.47. The average molecular weight is 549 g/mol. The van der Waals surface area contributed by atoms with Crippen LogP contribution in [-0.4, -0.2) is 36.1 Å². The van der Waals surface area contributed by atoms with Crippen LogP contribution in [0.2, 0.25) is 0 Å². The molecule has 0 heterocycles. The summed E-state index contributed by atoms with van der Waals surface area (Å²) in [7, 11) is 1.46. The summed E-state index contributed by atoms with van der Waals surface area (Å²) >= 11 is 0. The van der Waals surface area contributed by atoms with Gasteiger partial charge in [-0.25, -0.2) is 0 Å². The van der Waals surface area contributed by atoms with Crippen LogP contribution in [0.4, 0.5) is 0 Å². The normalized spacial score (nSPS) is 45.3. The third kappa shape index (κ3) is 3.46. The molecule has 1 amide bonds. The first-order chi connectivity index (χ1) is 18.5. The van der Waals surface area contributed by atoms with Crippen LogP contribution in [0, 0.1) is 56.2 Å². The average Bonchev–Trinajstić information content (AvgIpc) is 2.86. The molecule has 0 aromatic rings. The lowest BCUT2D eigenvalue weighted by Gasteiger charge is -2.68. The number of allylic oxidation sites excluding steroid dienone is 3. The van der Waals surface area contributed by atoms with Crippen molar-refractivity contribution in [2.45, 2.75) is 99.0 Å². The Kier molecular flexibility index (Phi) is 6.21. The molecule has 40 heavy (non-hydrogen) atoms. The minimum absolute atomic E-state index is 0.0175. The zero-order valence-corrected chi connectivity index (χ0v) is 25.3. The van der Waals surface area contributed by atoms with Gasteiger partial charge in [0, 0.05) is 24.2 Å². The maximum Gasteiger partial charge on any atom is 0.312 e. The van der Waals surface area contributed by atoms with Gasteiger partial charge in [0.1, 0.15) is 11.6 Å². The molecule has 2 unspecified atom stereocenters. The summed E-state index contributed by atoms with van der Waals surface area (Å²) in [5, 5.41) is 12.9. The van der Waals surface area contributed by atoms with Crippen LogP contribution >= 0.6 is 0 Å². The molecule has 5 aliphatic carbocycles. The Morgan fingerprint density at radius 3 is 2.27 bits per heavy atom. The molecule has 0 bridgehead atoms. The number of hydrogen-bond acceptors (Lipinski definition) is 6. The van der Waals surface area contributed by atoms with E-state index >= 15 is 0 Å². The van der Waals surface area contributed by atoms with E-state index in [1.807, 2.05) is 13.0 Å². The van der Waals surface area contributed by atoms with Crippen molar-refractivity contribution in [3.05, 3.63) is 23.3 Å². The number of nitrogens with one attached hydrogen (secondary N) is 1. The van der Waals surface area contributed by atoms with Gasteiger partial charge in [-0.1, -0.05) is 46.3 Å². The first-order valence-corrected chi connectivity index (χ1v) is 14.8. The highest BCUT2D eigenvalue weighted by atomic mass is 16.5. The Hall–Kier alpha value is -2.75. The fourth-order valence-electron chi connectivity index (χ4n) is 10.4. The van der Waals surface area contributed by atoms with E-state index in [9.17, 15) is 24.4 Å². The number of Topliss-reactive ketones (excluding diaryl/α,β-unsaturated/α-hetero) is 1. The molecule has 5 rings (SSSR count). The lowest BCUT2D eigenvalue weighted by molar-refractivity contribution is -0.190. The summed E-state index contributed by atoms with van der Waals surface area (Å²) in [6.45, 7) is 14.1. The Labute approximate surface area is 238 Å². The summed E-state index contributed by atoms with van der Waals surface area (Å²) in [4.78, 5) is 53.7. The molecule has 0 saturated heterocycles. The van der Waals surface area contributed by atoms with Crippen LogP contribution < -0.4 is 5.32 Å². The second-order valence-electron chi connectivity index (χ2n) is 15.1. The van der Waals surface area contributed by atoms with Gasteiger partial charge in [-0.15, -0.1) is 0 Å². The summed E-state index contributed by atoms with van der Waals surface area (Å²) in [6, 6.07) is 2.09. The number of amides is 1. The minimum atomic E-state index is -1.25. The van der Waals surface area contributed by atoms with Gasteiger partial charge in [0.15, 0.2) is 11.6 Å². The highest BCUT2D eigenvalue weighted by Gasteiger charge is 2.71. The van der Waals surface area contributed by atoms with Crippen molar-refractivity contribution in [1.29, 1.82) is 5.26 Å². The molecule has 0 aromatic carbocycles. The SMILES string of the molecule is COC(=O)[C@]12CCC(C)(C)CC1C1C(=O)C=C3[C@@]4(C)C=C(C#N)C(=O)[C@@](C)(NC(C)=O)[C@@H]4CC[C@@]3(C)[C@]1(C)CC2. The van der Waals surface area contributed by atoms with Crippen LogP contribution in [0.25, 0.3) is 0 Å². The Morgan fingerprint density at radius 2 is 1.68 bits per heavy atom. The van der Waals surface area contributed by atoms with E-state index in [1.54, 1.807) is 13.0 Å². The molecule has 0 aromatic heterocycles. The predicted molar refractivity (Wildman–Crippen MR) is 149 cm³/mol. The van der Waals surface area contributed by atoms with Gasteiger partial charge in [-0.3, -0.25) is 19.2 Å². The molecule has 7 nitrogen and oxygen atoms in total.